The quantitative estimate of drug-likeness (QED) is 0.134. The topological polar surface area (TPSA) is 85.1 Å². The molecule has 1 fully saturated rings. The van der Waals surface area contributed by atoms with Crippen LogP contribution in [0.25, 0.3) is 220 Å². The second-order valence-electron chi connectivity index (χ2n) is 40.9. The number of hydrogen-bond acceptors (Lipinski definition) is 5. The van der Waals surface area contributed by atoms with Gasteiger partial charge in [-0.2, -0.15) is 0 Å². The van der Waals surface area contributed by atoms with Crippen LogP contribution in [0.1, 0.15) is 117 Å². The molecule has 10 heterocycles. The molecule has 10 aromatic heterocycles. The first-order valence-corrected chi connectivity index (χ1v) is 50.3. The van der Waals surface area contributed by atoms with Crippen molar-refractivity contribution >= 4 is 164 Å². The molecule has 10 heteroatoms. The van der Waals surface area contributed by atoms with Crippen molar-refractivity contribution in [3.05, 3.63) is 388 Å². The Hall–Kier alpha value is -15.7. The maximum atomic E-state index is 6.65. The van der Waals surface area contributed by atoms with E-state index in [-0.39, 0.29) is 0 Å². The highest BCUT2D eigenvalue weighted by atomic mass is 16.3. The summed E-state index contributed by atoms with van der Waals surface area (Å²) in [5.74, 6) is 1.47. The van der Waals surface area contributed by atoms with E-state index in [0.29, 0.717) is 5.92 Å². The fourth-order valence-electron chi connectivity index (χ4n) is 23.1. The Bertz CT molecular complexity index is 9450. The summed E-state index contributed by atoms with van der Waals surface area (Å²) in [6, 6.07) is 100. The molecule has 0 bridgehead atoms. The molecule has 0 atom stereocenters. The SMILES string of the molecule is Cc1cc(-c2c(C)cc(C)c3c2oc2c4ccccc4ccc23)[n+](C)cc1C.Cc1cc[n+](C)c(-c2c(C)cc(C)c3c2oc2c4ccccc4ccc23)c1.Cc1ccc(-c2c(C)cc(C)c3c2oc2c4ccccc4ccc23)[n+](C)c1.Cc1ccc2c(oc3c4ccccc4ccc23)c1-c1cc(CC(C)C)cc[n+]1C.Cc1ccc2c(oc3c4ccccc4ccc23)c1-c1cc(CC2CCCC2)cc[n+]1C. The van der Waals surface area contributed by atoms with Gasteiger partial charge in [0, 0.05) is 140 Å². The molecule has 0 N–H and O–H groups in total. The molecule has 15 aromatic carbocycles. The highest BCUT2D eigenvalue weighted by Gasteiger charge is 2.31. The van der Waals surface area contributed by atoms with Crippen molar-refractivity contribution < 1.29 is 44.9 Å². The van der Waals surface area contributed by atoms with Crippen LogP contribution in [0.4, 0.5) is 0 Å². The third kappa shape index (κ3) is 16.2. The van der Waals surface area contributed by atoms with Crippen molar-refractivity contribution in [2.45, 2.75) is 135 Å². The maximum Gasteiger partial charge on any atom is 0.216 e. The van der Waals surface area contributed by atoms with E-state index in [4.69, 9.17) is 22.1 Å². The fourth-order valence-corrected chi connectivity index (χ4v) is 23.1. The van der Waals surface area contributed by atoms with Gasteiger partial charge in [-0.05, 0) is 238 Å². The Morgan fingerprint density at radius 2 is 0.563 bits per heavy atom. The van der Waals surface area contributed by atoms with Gasteiger partial charge >= 0.3 is 0 Å². The standard InChI is InChI=1S/C29H28NO.C27H26NO.C26H24NO.2C25H22NO/c1-19-11-13-25-24-14-12-22-9-5-6-10-23(22)28(24)31-29(25)27(19)26-18-21(15-16-30(26)2)17-20-7-3-4-8-20;1-17(2)15-19-13-14-28(4)24(16-19)25-18(3)9-11-23-22-12-10-20-7-5-6-8-21(20)26(22)29-27(23)25;1-15-13-22(27(5)14-18(15)4)24-17(3)12-16(2)23-21-11-10-19-8-6-7-9-20(19)25(21)28-26(23)24;1-15-9-12-21(26(4)14-15)23-17(3)13-16(2)22-20-11-10-18-7-5-6-8-19(18)24(20)27-25(22)23;1-15-11-12-26(4)21(13-15)23-17(3)14-16(2)22-20-10-9-18-7-5-6-8-19(18)24(20)27-25(22)23/h5-6,9-16,18,20H,3-4,7-8,17H2,1-2H3;5-14,16-17H,15H2,1-4H3;6-14H,1-5H3;2*5-14H,1-4H3/q5*+1. The molecule has 0 aliphatic heterocycles. The number of fused-ring (bicyclic) bond motifs is 25. The second kappa shape index (κ2) is 36.8. The molecule has 0 spiro atoms. The first-order chi connectivity index (χ1) is 68.7. The Morgan fingerprint density at radius 3 is 0.972 bits per heavy atom. The third-order valence-corrected chi connectivity index (χ3v) is 30.2. The maximum absolute atomic E-state index is 6.65. The first-order valence-electron chi connectivity index (χ1n) is 50.3. The Kier molecular flexibility index (Phi) is 23.7. The van der Waals surface area contributed by atoms with Crippen LogP contribution in [-0.4, -0.2) is 0 Å². The smallest absolute Gasteiger partial charge is 0.216 e. The minimum absolute atomic E-state index is 0.630. The van der Waals surface area contributed by atoms with Gasteiger partial charge in [0.1, 0.15) is 91.1 Å². The molecule has 0 amide bonds. The number of benzene rings is 15. The number of pyridine rings is 5. The number of furan rings is 5. The third-order valence-electron chi connectivity index (χ3n) is 30.2. The molecule has 26 rings (SSSR count). The van der Waals surface area contributed by atoms with E-state index in [1.54, 1.807) is 0 Å². The predicted molar refractivity (Wildman–Crippen MR) is 590 cm³/mol. The molecule has 1 aliphatic carbocycles. The lowest BCUT2D eigenvalue weighted by Gasteiger charge is -2.10. The molecule has 10 nitrogen and oxygen atoms in total. The van der Waals surface area contributed by atoms with Gasteiger partial charge in [0.2, 0.25) is 28.5 Å². The minimum Gasteiger partial charge on any atom is -0.454 e. The number of aromatic nitrogens is 5. The van der Waals surface area contributed by atoms with Crippen molar-refractivity contribution in [2.75, 3.05) is 0 Å². The van der Waals surface area contributed by atoms with Crippen molar-refractivity contribution in [3.63, 3.8) is 0 Å². The van der Waals surface area contributed by atoms with Crippen LogP contribution in [0.5, 0.6) is 0 Å². The fraction of sp³-hybridized carbons (Fsp3) is 0.205. The van der Waals surface area contributed by atoms with E-state index < -0.39 is 0 Å². The lowest BCUT2D eigenvalue weighted by atomic mass is 9.95. The van der Waals surface area contributed by atoms with Crippen molar-refractivity contribution in [2.24, 2.45) is 47.1 Å². The van der Waals surface area contributed by atoms with Crippen molar-refractivity contribution in [3.8, 4) is 56.3 Å². The van der Waals surface area contributed by atoms with Gasteiger partial charge < -0.3 is 22.1 Å². The van der Waals surface area contributed by atoms with Crippen LogP contribution >= 0.6 is 0 Å². The molecule has 0 radical (unpaired) electrons. The van der Waals surface area contributed by atoms with Gasteiger partial charge in [-0.1, -0.05) is 234 Å². The average molecular weight is 1860 g/mol. The summed E-state index contributed by atoms with van der Waals surface area (Å²) < 4.78 is 44.1. The molecule has 25 aromatic rings. The normalized spacial score (nSPS) is 12.5. The number of nitrogens with zero attached hydrogens (tertiary/aromatic N) is 5. The van der Waals surface area contributed by atoms with E-state index in [1.165, 1.54) is 274 Å². The zero-order chi connectivity index (χ0) is 98.1. The summed E-state index contributed by atoms with van der Waals surface area (Å²) in [5, 5.41) is 23.9. The van der Waals surface area contributed by atoms with Gasteiger partial charge in [-0.3, -0.25) is 0 Å². The van der Waals surface area contributed by atoms with Crippen LogP contribution in [0.3, 0.4) is 0 Å². The van der Waals surface area contributed by atoms with Crippen LogP contribution in [-0.2, 0) is 48.1 Å². The van der Waals surface area contributed by atoms with Gasteiger partial charge in [0.25, 0.3) is 0 Å². The van der Waals surface area contributed by atoms with E-state index in [0.717, 1.165) is 68.2 Å². The highest BCUT2D eigenvalue weighted by molar-refractivity contribution is 6.23. The molecule has 1 aliphatic rings. The Balaban J connectivity index is 0.000000102. The first kappa shape index (κ1) is 91.4. The van der Waals surface area contributed by atoms with E-state index in [9.17, 15) is 0 Å². The van der Waals surface area contributed by atoms with E-state index in [2.05, 4.69) is 465 Å². The number of rotatable bonds is 9. The Labute approximate surface area is 829 Å². The average Bonchev–Trinajstić information content (AvgIpc) is 1.58. The molecule has 700 valence electrons. The molecule has 1 saturated carbocycles. The van der Waals surface area contributed by atoms with Crippen LogP contribution < -0.4 is 22.8 Å². The van der Waals surface area contributed by atoms with Gasteiger partial charge in [0.05, 0.1) is 27.8 Å². The summed E-state index contributed by atoms with van der Waals surface area (Å²) in [6.07, 6.45) is 18.7. The van der Waals surface area contributed by atoms with Gasteiger partial charge in [-0.25, -0.2) is 22.8 Å². The molecular weight excluding hydrogens is 1740 g/mol. The predicted octanol–water partition coefficient (Wildman–Crippen LogP) is 32.8. The monoisotopic (exact) mass is 1860 g/mol. The van der Waals surface area contributed by atoms with Crippen LogP contribution in [0.15, 0.2) is 332 Å². The second-order valence-corrected chi connectivity index (χ2v) is 40.9. The molecular formula is C132H122N5O5+5. The summed E-state index contributed by atoms with van der Waals surface area (Å²) >= 11 is 0. The van der Waals surface area contributed by atoms with Crippen LogP contribution in [0.2, 0.25) is 0 Å². The summed E-state index contributed by atoms with van der Waals surface area (Å²) in [4.78, 5) is 0. The van der Waals surface area contributed by atoms with E-state index >= 15 is 0 Å². The zero-order valence-corrected chi connectivity index (χ0v) is 85.1. The highest BCUT2D eigenvalue weighted by Crippen LogP contribution is 2.49. The Morgan fingerprint density at radius 1 is 0.239 bits per heavy atom. The van der Waals surface area contributed by atoms with Crippen LogP contribution in [0, 0.1) is 94.9 Å². The summed E-state index contributed by atoms with van der Waals surface area (Å²) in [7, 11) is 10.6. The van der Waals surface area contributed by atoms with Gasteiger partial charge in [-0.15, -0.1) is 0 Å². The summed E-state index contributed by atoms with van der Waals surface area (Å²) in [5.41, 5.74) is 39.7. The molecule has 0 saturated heterocycles. The summed E-state index contributed by atoms with van der Waals surface area (Å²) in [6.45, 7) is 30.6. The van der Waals surface area contributed by atoms with E-state index in [1.807, 2.05) is 0 Å². The molecule has 142 heavy (non-hydrogen) atoms. The van der Waals surface area contributed by atoms with Crippen molar-refractivity contribution in [1.29, 1.82) is 0 Å². The lowest BCUT2D eigenvalue weighted by molar-refractivity contribution is -0.660. The molecule has 0 unspecified atom stereocenters. The number of hydrogen-bond donors (Lipinski definition) is 0. The number of aryl methyl sites for hydroxylation is 17. The van der Waals surface area contributed by atoms with Crippen molar-refractivity contribution in [1.82, 2.24) is 0 Å². The zero-order valence-electron chi connectivity index (χ0n) is 85.1. The van der Waals surface area contributed by atoms with Gasteiger partial charge in [0.15, 0.2) is 31.0 Å². The minimum atomic E-state index is 0.630. The lowest BCUT2D eigenvalue weighted by Crippen LogP contribution is -2.31. The largest absolute Gasteiger partial charge is 0.454 e.